The molecule has 4 nitrogen and oxygen atoms in total. The van der Waals surface area contributed by atoms with E-state index in [1.165, 1.54) is 6.08 Å². The highest BCUT2D eigenvalue weighted by Crippen LogP contribution is 2.27. The summed E-state index contributed by atoms with van der Waals surface area (Å²) in [7, 11) is 0. The number of hydrogen-bond acceptors (Lipinski definition) is 4. The molecule has 0 radical (unpaired) electrons. The van der Waals surface area contributed by atoms with E-state index in [4.69, 9.17) is 4.74 Å². The van der Waals surface area contributed by atoms with Crippen molar-refractivity contribution in [1.29, 1.82) is 0 Å². The summed E-state index contributed by atoms with van der Waals surface area (Å²) in [5.74, 6) is -1.62. The molecule has 0 aromatic heterocycles. The molecule has 2 aromatic carbocycles. The summed E-state index contributed by atoms with van der Waals surface area (Å²) in [6, 6.07) is 18.4. The second-order valence-electron chi connectivity index (χ2n) is 5.36. The number of ether oxygens (including phenoxy) is 1. The number of carbonyl (C=O) groups excluding carboxylic acids is 2. The van der Waals surface area contributed by atoms with Crippen LogP contribution in [0.5, 0.6) is 0 Å². The number of ketones is 1. The number of carbonyl (C=O) groups is 2. The van der Waals surface area contributed by atoms with Gasteiger partial charge in [-0.05, 0) is 17.2 Å². The smallest absolute Gasteiger partial charge is 0.319 e. The zero-order valence-electron chi connectivity index (χ0n) is 12.5. The predicted molar refractivity (Wildman–Crippen MR) is 86.2 cm³/mol. The summed E-state index contributed by atoms with van der Waals surface area (Å²) in [6.07, 6.45) is 2.97. The SMILES string of the molecule is O=C1C=CNC(c2ccccc2)C1C(=O)OCc1ccccc1. The molecule has 1 N–H and O–H groups in total. The molecule has 3 rings (SSSR count). The van der Waals surface area contributed by atoms with Crippen molar-refractivity contribution in [2.45, 2.75) is 12.6 Å². The average molecular weight is 307 g/mol. The third kappa shape index (κ3) is 3.48. The standard InChI is InChI=1S/C19H17NO3/c21-16-11-12-20-18(15-9-5-2-6-10-15)17(16)19(22)23-13-14-7-3-1-4-8-14/h1-12,17-18,20H,13H2. The normalized spacial score (nSPS) is 19.9. The summed E-state index contributed by atoms with van der Waals surface area (Å²) < 4.78 is 5.36. The first-order chi connectivity index (χ1) is 11.3. The summed E-state index contributed by atoms with van der Waals surface area (Å²) in [5.41, 5.74) is 1.77. The lowest BCUT2D eigenvalue weighted by molar-refractivity contribution is -0.153. The topological polar surface area (TPSA) is 55.4 Å². The fourth-order valence-electron chi connectivity index (χ4n) is 2.62. The van der Waals surface area contributed by atoms with Crippen LogP contribution in [-0.2, 0) is 20.9 Å². The first-order valence-corrected chi connectivity index (χ1v) is 7.47. The molecule has 4 heteroatoms. The van der Waals surface area contributed by atoms with Gasteiger partial charge in [-0.2, -0.15) is 0 Å². The van der Waals surface area contributed by atoms with Crippen LogP contribution >= 0.6 is 0 Å². The van der Waals surface area contributed by atoms with Gasteiger partial charge in [-0.3, -0.25) is 9.59 Å². The molecular formula is C19H17NO3. The number of rotatable bonds is 4. The van der Waals surface area contributed by atoms with Crippen molar-refractivity contribution in [2.24, 2.45) is 5.92 Å². The molecule has 1 aliphatic rings. The minimum atomic E-state index is -0.869. The molecule has 1 aliphatic heterocycles. The number of esters is 1. The van der Waals surface area contributed by atoms with Gasteiger partial charge >= 0.3 is 5.97 Å². The van der Waals surface area contributed by atoms with Gasteiger partial charge in [0, 0.05) is 6.20 Å². The Morgan fingerprint density at radius 2 is 1.65 bits per heavy atom. The van der Waals surface area contributed by atoms with E-state index in [1.54, 1.807) is 6.20 Å². The van der Waals surface area contributed by atoms with E-state index in [0.29, 0.717) is 0 Å². The number of benzene rings is 2. The van der Waals surface area contributed by atoms with Crippen LogP contribution in [0.15, 0.2) is 72.9 Å². The quantitative estimate of drug-likeness (QED) is 0.697. The first-order valence-electron chi connectivity index (χ1n) is 7.47. The molecule has 0 saturated heterocycles. The Balaban J connectivity index is 1.75. The van der Waals surface area contributed by atoms with E-state index in [0.717, 1.165) is 11.1 Å². The highest BCUT2D eigenvalue weighted by Gasteiger charge is 2.37. The number of nitrogens with one attached hydrogen (secondary N) is 1. The predicted octanol–water partition coefficient (Wildman–Crippen LogP) is 2.77. The lowest BCUT2D eigenvalue weighted by Crippen LogP contribution is -2.39. The van der Waals surface area contributed by atoms with Crippen molar-refractivity contribution in [3.05, 3.63) is 84.1 Å². The second kappa shape index (κ2) is 6.92. The van der Waals surface area contributed by atoms with Crippen LogP contribution in [0.3, 0.4) is 0 Å². The van der Waals surface area contributed by atoms with Gasteiger partial charge in [-0.1, -0.05) is 60.7 Å². The molecule has 0 amide bonds. The van der Waals surface area contributed by atoms with E-state index in [1.807, 2.05) is 60.7 Å². The minimum absolute atomic E-state index is 0.161. The number of hydrogen-bond donors (Lipinski definition) is 1. The van der Waals surface area contributed by atoms with Crippen LogP contribution in [0.2, 0.25) is 0 Å². The molecule has 2 atom stereocenters. The molecule has 0 bridgehead atoms. The molecular weight excluding hydrogens is 290 g/mol. The van der Waals surface area contributed by atoms with Gasteiger partial charge in [0.1, 0.15) is 12.5 Å². The van der Waals surface area contributed by atoms with Crippen LogP contribution in [0.1, 0.15) is 17.2 Å². The fraction of sp³-hybridized carbons (Fsp3) is 0.158. The Labute approximate surface area is 134 Å². The van der Waals surface area contributed by atoms with Gasteiger partial charge in [0.2, 0.25) is 0 Å². The van der Waals surface area contributed by atoms with Gasteiger partial charge < -0.3 is 10.1 Å². The van der Waals surface area contributed by atoms with Gasteiger partial charge in [0.15, 0.2) is 5.78 Å². The van der Waals surface area contributed by atoms with Crippen LogP contribution < -0.4 is 5.32 Å². The Hall–Kier alpha value is -2.88. The highest BCUT2D eigenvalue weighted by atomic mass is 16.5. The van der Waals surface area contributed by atoms with Crippen LogP contribution in [0.25, 0.3) is 0 Å². The summed E-state index contributed by atoms with van der Waals surface area (Å²) in [5, 5.41) is 3.09. The van der Waals surface area contributed by atoms with E-state index in [2.05, 4.69) is 5.32 Å². The van der Waals surface area contributed by atoms with E-state index in [-0.39, 0.29) is 12.4 Å². The van der Waals surface area contributed by atoms with Gasteiger partial charge in [0.25, 0.3) is 0 Å². The summed E-state index contributed by atoms with van der Waals surface area (Å²) >= 11 is 0. The van der Waals surface area contributed by atoms with Crippen molar-refractivity contribution in [3.63, 3.8) is 0 Å². The molecule has 2 unspecified atom stereocenters. The Bertz CT molecular complexity index is 710. The monoisotopic (exact) mass is 307 g/mol. The van der Waals surface area contributed by atoms with Crippen molar-refractivity contribution in [1.82, 2.24) is 5.32 Å². The van der Waals surface area contributed by atoms with Crippen molar-refractivity contribution in [3.8, 4) is 0 Å². The van der Waals surface area contributed by atoms with Gasteiger partial charge in [-0.25, -0.2) is 0 Å². The van der Waals surface area contributed by atoms with Crippen molar-refractivity contribution in [2.75, 3.05) is 0 Å². The third-order valence-electron chi connectivity index (χ3n) is 3.80. The third-order valence-corrected chi connectivity index (χ3v) is 3.80. The first kappa shape index (κ1) is 15.0. The van der Waals surface area contributed by atoms with Crippen molar-refractivity contribution < 1.29 is 14.3 Å². The molecule has 0 fully saturated rings. The maximum Gasteiger partial charge on any atom is 0.319 e. The highest BCUT2D eigenvalue weighted by molar-refractivity contribution is 6.06. The van der Waals surface area contributed by atoms with E-state index < -0.39 is 17.9 Å². The Kier molecular flexibility index (Phi) is 4.52. The van der Waals surface area contributed by atoms with Crippen LogP contribution in [0.4, 0.5) is 0 Å². The number of allylic oxidation sites excluding steroid dienone is 1. The fourth-order valence-corrected chi connectivity index (χ4v) is 2.62. The zero-order valence-corrected chi connectivity index (χ0v) is 12.5. The lowest BCUT2D eigenvalue weighted by atomic mass is 9.87. The average Bonchev–Trinajstić information content (AvgIpc) is 2.61. The molecule has 2 aromatic rings. The zero-order chi connectivity index (χ0) is 16.1. The maximum atomic E-state index is 12.4. The summed E-state index contributed by atoms with van der Waals surface area (Å²) in [6.45, 7) is 0.161. The minimum Gasteiger partial charge on any atom is -0.460 e. The Morgan fingerprint density at radius 3 is 2.35 bits per heavy atom. The largest absolute Gasteiger partial charge is 0.460 e. The van der Waals surface area contributed by atoms with Crippen LogP contribution in [0, 0.1) is 5.92 Å². The molecule has 1 heterocycles. The lowest BCUT2D eigenvalue weighted by Gasteiger charge is -2.27. The molecule has 23 heavy (non-hydrogen) atoms. The molecule has 0 spiro atoms. The van der Waals surface area contributed by atoms with E-state index >= 15 is 0 Å². The second-order valence-corrected chi connectivity index (χ2v) is 5.36. The molecule has 116 valence electrons. The maximum absolute atomic E-state index is 12.4. The van der Waals surface area contributed by atoms with Crippen molar-refractivity contribution >= 4 is 11.8 Å². The Morgan fingerprint density at radius 1 is 1.00 bits per heavy atom. The van der Waals surface area contributed by atoms with Gasteiger partial charge in [-0.15, -0.1) is 0 Å². The molecule has 0 saturated carbocycles. The van der Waals surface area contributed by atoms with Crippen LogP contribution in [-0.4, -0.2) is 11.8 Å². The van der Waals surface area contributed by atoms with Gasteiger partial charge in [0.05, 0.1) is 6.04 Å². The van der Waals surface area contributed by atoms with E-state index in [9.17, 15) is 9.59 Å². The summed E-state index contributed by atoms with van der Waals surface area (Å²) in [4.78, 5) is 24.7. The molecule has 0 aliphatic carbocycles.